The second-order valence-corrected chi connectivity index (χ2v) is 10.7. The number of cyclic esters (lactones) is 1. The van der Waals surface area contributed by atoms with Crippen LogP contribution in [-0.4, -0.2) is 85.9 Å². The first-order valence-electron chi connectivity index (χ1n) is 14.2. The second-order valence-electron chi connectivity index (χ2n) is 10.7. The number of ether oxygens (including phenoxy) is 1. The van der Waals surface area contributed by atoms with Crippen molar-refractivity contribution in [2.24, 2.45) is 5.73 Å². The summed E-state index contributed by atoms with van der Waals surface area (Å²) < 4.78 is 20.4. The Bertz CT molecular complexity index is 1360. The first kappa shape index (κ1) is 31.4. The predicted octanol–water partition coefficient (Wildman–Crippen LogP) is 1.56. The zero-order chi connectivity index (χ0) is 31.1. The fourth-order valence-electron chi connectivity index (χ4n) is 4.89. The van der Waals surface area contributed by atoms with Crippen LogP contribution < -0.4 is 26.2 Å². The van der Waals surface area contributed by atoms with Crippen molar-refractivity contribution in [3.8, 4) is 0 Å². The Morgan fingerprint density at radius 1 is 1.02 bits per heavy atom. The van der Waals surface area contributed by atoms with Crippen LogP contribution in [0.25, 0.3) is 0 Å². The first-order valence-corrected chi connectivity index (χ1v) is 14.2. The Morgan fingerprint density at radius 3 is 2.35 bits per heavy atom. The number of nitrogens with one attached hydrogen (secondary N) is 2. The van der Waals surface area contributed by atoms with Gasteiger partial charge in [0.15, 0.2) is 5.78 Å². The summed E-state index contributed by atoms with van der Waals surface area (Å²) >= 11 is 0. The second kappa shape index (κ2) is 14.1. The molecular formula is C30H37FN6O6. The Kier molecular flexibility index (Phi) is 10.3. The normalized spacial score (nSPS) is 17.3. The minimum Gasteiger partial charge on any atom is -0.442 e. The number of rotatable bonds is 11. The third-order valence-corrected chi connectivity index (χ3v) is 7.39. The van der Waals surface area contributed by atoms with Crippen LogP contribution >= 0.6 is 0 Å². The topological polar surface area (TPSA) is 154 Å². The highest BCUT2D eigenvalue weighted by Gasteiger charge is 2.33. The molecule has 0 aromatic heterocycles. The van der Waals surface area contributed by atoms with E-state index in [1.807, 2.05) is 4.90 Å². The van der Waals surface area contributed by atoms with Crippen LogP contribution in [0.5, 0.6) is 0 Å². The molecule has 4 rings (SSSR count). The minimum absolute atomic E-state index is 0.0700. The molecule has 4 N–H and O–H groups in total. The molecule has 2 aromatic carbocycles. The van der Waals surface area contributed by atoms with Gasteiger partial charge in [-0.05, 0) is 30.7 Å². The number of Topliss-reactive ketones (excluding diaryl/α,β-unsaturated/α-hetero) is 1. The van der Waals surface area contributed by atoms with Crippen LogP contribution in [0.4, 0.5) is 20.6 Å². The fraction of sp³-hybridized carbons (Fsp3) is 0.433. The number of ketones is 1. The lowest BCUT2D eigenvalue weighted by atomic mass is 10.0. The molecule has 2 aliphatic heterocycles. The van der Waals surface area contributed by atoms with Crippen LogP contribution in [0.1, 0.15) is 42.6 Å². The molecule has 13 heteroatoms. The fourth-order valence-corrected chi connectivity index (χ4v) is 4.89. The van der Waals surface area contributed by atoms with Crippen LogP contribution in [0.3, 0.4) is 0 Å². The molecule has 2 aliphatic rings. The van der Waals surface area contributed by atoms with Gasteiger partial charge in [0.2, 0.25) is 17.7 Å². The molecule has 12 nitrogen and oxygen atoms in total. The molecule has 0 aliphatic carbocycles. The molecule has 1 unspecified atom stereocenters. The molecule has 43 heavy (non-hydrogen) atoms. The van der Waals surface area contributed by atoms with Crippen molar-refractivity contribution < 1.29 is 33.1 Å². The van der Waals surface area contributed by atoms with Crippen LogP contribution in [-0.2, 0) is 25.7 Å². The quantitative estimate of drug-likeness (QED) is 0.330. The average molecular weight is 597 g/mol. The van der Waals surface area contributed by atoms with Gasteiger partial charge < -0.3 is 30.9 Å². The Labute approximate surface area is 249 Å². The summed E-state index contributed by atoms with van der Waals surface area (Å²) in [6.07, 6.45) is -0.983. The number of anilines is 2. The summed E-state index contributed by atoms with van der Waals surface area (Å²) in [6, 6.07) is 10.8. The van der Waals surface area contributed by atoms with E-state index in [4.69, 9.17) is 10.5 Å². The highest BCUT2D eigenvalue weighted by molar-refractivity contribution is 5.98. The molecule has 0 bridgehead atoms. The lowest BCUT2D eigenvalue weighted by Gasteiger charge is -2.36. The minimum atomic E-state index is -0.604. The van der Waals surface area contributed by atoms with Crippen molar-refractivity contribution >= 4 is 41.0 Å². The van der Waals surface area contributed by atoms with E-state index in [1.165, 1.54) is 17.9 Å². The smallest absolute Gasteiger partial charge is 0.414 e. The van der Waals surface area contributed by atoms with Crippen LogP contribution in [0, 0.1) is 5.82 Å². The third kappa shape index (κ3) is 8.28. The van der Waals surface area contributed by atoms with Gasteiger partial charge in [0.05, 0.1) is 30.5 Å². The van der Waals surface area contributed by atoms with Gasteiger partial charge in [-0.3, -0.25) is 24.1 Å². The molecule has 230 valence electrons. The van der Waals surface area contributed by atoms with Crippen molar-refractivity contribution in [1.29, 1.82) is 0 Å². The van der Waals surface area contributed by atoms with E-state index in [0.29, 0.717) is 49.7 Å². The maximum atomic E-state index is 15.1. The van der Waals surface area contributed by atoms with E-state index in [0.717, 1.165) is 5.56 Å². The van der Waals surface area contributed by atoms with E-state index < -0.39 is 24.1 Å². The summed E-state index contributed by atoms with van der Waals surface area (Å²) in [4.78, 5) is 65.3. The summed E-state index contributed by atoms with van der Waals surface area (Å²) in [5.74, 6) is -1.28. The van der Waals surface area contributed by atoms with Gasteiger partial charge in [0.1, 0.15) is 11.9 Å². The van der Waals surface area contributed by atoms with E-state index >= 15 is 4.39 Å². The number of nitrogens with two attached hydrogens (primary N) is 1. The standard InChI is InChI=1S/C30H37FN6O6/c1-19(32)29(41)34-16-21-3-5-22(6-4-21)27(39)9-10-28(40)36-13-11-35(12-14-36)26-8-7-23(15-25(26)31)37-18-24(43-30(37)42)17-33-20(2)38/h3-8,15,19,24H,9-14,16-18,32H2,1-2H3,(H,33,38)(H,34,41)/t19?,24-/m0/s1. The number of nitrogens with zero attached hydrogens (tertiary/aromatic N) is 3. The zero-order valence-corrected chi connectivity index (χ0v) is 24.3. The van der Waals surface area contributed by atoms with Gasteiger partial charge in [-0.1, -0.05) is 24.3 Å². The van der Waals surface area contributed by atoms with E-state index in [9.17, 15) is 24.0 Å². The highest BCUT2D eigenvalue weighted by Crippen LogP contribution is 2.28. The highest BCUT2D eigenvalue weighted by atomic mass is 19.1. The molecule has 2 fully saturated rings. The summed E-state index contributed by atoms with van der Waals surface area (Å²) in [5, 5.41) is 5.32. The number of carbonyl (C=O) groups excluding carboxylic acids is 5. The Balaban J connectivity index is 1.23. The number of hydrogen-bond acceptors (Lipinski definition) is 8. The molecule has 4 amide bonds. The number of hydrogen-bond donors (Lipinski definition) is 3. The Hall–Kier alpha value is -4.52. The van der Waals surface area contributed by atoms with E-state index in [1.54, 1.807) is 48.2 Å². The summed E-state index contributed by atoms with van der Waals surface area (Å²) in [6.45, 7) is 5.27. The van der Waals surface area contributed by atoms with Crippen molar-refractivity contribution in [3.05, 3.63) is 59.4 Å². The predicted molar refractivity (Wildman–Crippen MR) is 157 cm³/mol. The lowest BCUT2D eigenvalue weighted by Crippen LogP contribution is -2.49. The monoisotopic (exact) mass is 596 g/mol. The van der Waals surface area contributed by atoms with Crippen LogP contribution in [0.15, 0.2) is 42.5 Å². The lowest BCUT2D eigenvalue weighted by molar-refractivity contribution is -0.131. The van der Waals surface area contributed by atoms with Crippen molar-refractivity contribution in [2.45, 2.75) is 45.4 Å². The number of halogens is 1. The van der Waals surface area contributed by atoms with Gasteiger partial charge in [0.25, 0.3) is 0 Å². The number of piperazine rings is 1. The van der Waals surface area contributed by atoms with Gasteiger partial charge in [0, 0.05) is 58.1 Å². The number of amides is 4. The molecule has 0 saturated carbocycles. The van der Waals surface area contributed by atoms with Gasteiger partial charge in [-0.2, -0.15) is 0 Å². The maximum Gasteiger partial charge on any atom is 0.414 e. The zero-order valence-electron chi connectivity index (χ0n) is 24.3. The molecule has 2 heterocycles. The largest absolute Gasteiger partial charge is 0.442 e. The molecule has 2 aromatic rings. The molecular weight excluding hydrogens is 559 g/mol. The third-order valence-electron chi connectivity index (χ3n) is 7.39. The molecule has 0 spiro atoms. The van der Waals surface area contributed by atoms with E-state index in [-0.39, 0.29) is 49.4 Å². The number of benzene rings is 2. The van der Waals surface area contributed by atoms with Gasteiger partial charge >= 0.3 is 6.09 Å². The van der Waals surface area contributed by atoms with Crippen molar-refractivity contribution in [2.75, 3.05) is 49.1 Å². The van der Waals surface area contributed by atoms with Crippen molar-refractivity contribution in [1.82, 2.24) is 15.5 Å². The molecule has 2 saturated heterocycles. The molecule has 2 atom stereocenters. The Morgan fingerprint density at radius 2 is 1.72 bits per heavy atom. The summed E-state index contributed by atoms with van der Waals surface area (Å²) in [7, 11) is 0. The average Bonchev–Trinajstić information content (AvgIpc) is 3.37. The van der Waals surface area contributed by atoms with Crippen LogP contribution in [0.2, 0.25) is 0 Å². The SMILES string of the molecule is CC(=O)NC[C@H]1CN(c2ccc(N3CCN(C(=O)CCC(=O)c4ccc(CNC(=O)C(C)N)cc4)CC3)c(F)c2)C(=O)O1. The van der Waals surface area contributed by atoms with Gasteiger partial charge in [-0.25, -0.2) is 9.18 Å². The maximum absolute atomic E-state index is 15.1. The summed E-state index contributed by atoms with van der Waals surface area (Å²) in [5.41, 5.74) is 7.58. The van der Waals surface area contributed by atoms with Gasteiger partial charge in [-0.15, -0.1) is 0 Å². The van der Waals surface area contributed by atoms with E-state index in [2.05, 4.69) is 10.6 Å². The first-order chi connectivity index (χ1) is 20.5. The molecule has 0 radical (unpaired) electrons. The van der Waals surface area contributed by atoms with Crippen molar-refractivity contribution in [3.63, 3.8) is 0 Å². The number of carbonyl (C=O) groups is 5.